The highest BCUT2D eigenvalue weighted by Crippen LogP contribution is 2.16. The number of thiophene rings is 1. The van der Waals surface area contributed by atoms with Crippen molar-refractivity contribution in [2.75, 3.05) is 27.2 Å². The average Bonchev–Trinajstić information content (AvgIpc) is 2.89. The second kappa shape index (κ2) is 7.79. The van der Waals surface area contributed by atoms with Crippen molar-refractivity contribution < 1.29 is 0 Å². The summed E-state index contributed by atoms with van der Waals surface area (Å²) in [5.41, 5.74) is 1.27. The van der Waals surface area contributed by atoms with Crippen molar-refractivity contribution in [1.82, 2.24) is 9.80 Å². The molecule has 0 saturated carbocycles. The maximum Gasteiger partial charge on any atom is 0.0409 e. The average molecular weight is 309 g/mol. The summed E-state index contributed by atoms with van der Waals surface area (Å²) in [4.78, 5) is 6.10. The summed E-state index contributed by atoms with van der Waals surface area (Å²) in [7, 11) is 4.23. The smallest absolute Gasteiger partial charge is 0.0409 e. The molecule has 2 rings (SSSR count). The van der Waals surface area contributed by atoms with Crippen molar-refractivity contribution in [3.8, 4) is 0 Å². The lowest BCUT2D eigenvalue weighted by molar-refractivity contribution is 0.228. The Bertz CT molecular complexity index is 511. The SMILES string of the molecule is CN(C)CCN(Cc1cccc(Cl)c1)Cc1cccs1. The maximum absolute atomic E-state index is 6.07. The van der Waals surface area contributed by atoms with Gasteiger partial charge in [-0.3, -0.25) is 4.90 Å². The van der Waals surface area contributed by atoms with Gasteiger partial charge in [-0.05, 0) is 43.2 Å². The molecule has 1 aromatic heterocycles. The normalized spacial score (nSPS) is 11.4. The molecule has 0 saturated heterocycles. The minimum absolute atomic E-state index is 0.811. The highest BCUT2D eigenvalue weighted by atomic mass is 35.5. The van der Waals surface area contributed by atoms with E-state index in [1.54, 1.807) is 0 Å². The lowest BCUT2D eigenvalue weighted by Crippen LogP contribution is -2.30. The lowest BCUT2D eigenvalue weighted by atomic mass is 10.2. The molecule has 0 amide bonds. The van der Waals surface area contributed by atoms with Gasteiger partial charge in [0.1, 0.15) is 0 Å². The zero-order valence-electron chi connectivity index (χ0n) is 12.1. The third-order valence-electron chi connectivity index (χ3n) is 3.12. The van der Waals surface area contributed by atoms with E-state index in [9.17, 15) is 0 Å². The summed E-state index contributed by atoms with van der Waals surface area (Å²) < 4.78 is 0. The van der Waals surface area contributed by atoms with Crippen molar-refractivity contribution >= 4 is 22.9 Å². The van der Waals surface area contributed by atoms with Gasteiger partial charge in [-0.25, -0.2) is 0 Å². The van der Waals surface area contributed by atoms with Gasteiger partial charge in [-0.2, -0.15) is 0 Å². The van der Waals surface area contributed by atoms with Gasteiger partial charge >= 0.3 is 0 Å². The molecule has 2 aromatic rings. The molecule has 0 N–H and O–H groups in total. The molecule has 4 heteroatoms. The van der Waals surface area contributed by atoms with Crippen molar-refractivity contribution in [1.29, 1.82) is 0 Å². The van der Waals surface area contributed by atoms with Gasteiger partial charge in [0, 0.05) is 36.1 Å². The molecular weight excluding hydrogens is 288 g/mol. The van der Waals surface area contributed by atoms with E-state index in [1.165, 1.54) is 10.4 Å². The minimum atomic E-state index is 0.811. The van der Waals surface area contributed by atoms with Crippen LogP contribution in [0.3, 0.4) is 0 Å². The molecule has 0 radical (unpaired) electrons. The summed E-state index contributed by atoms with van der Waals surface area (Å²) in [6, 6.07) is 12.5. The van der Waals surface area contributed by atoms with Gasteiger partial charge in [-0.1, -0.05) is 29.8 Å². The largest absolute Gasteiger partial charge is 0.308 e. The van der Waals surface area contributed by atoms with Gasteiger partial charge < -0.3 is 4.90 Å². The first-order chi connectivity index (χ1) is 9.63. The maximum atomic E-state index is 6.07. The topological polar surface area (TPSA) is 6.48 Å². The fraction of sp³-hybridized carbons (Fsp3) is 0.375. The molecule has 1 aromatic carbocycles. The highest BCUT2D eigenvalue weighted by Gasteiger charge is 2.08. The van der Waals surface area contributed by atoms with Crippen LogP contribution in [-0.2, 0) is 13.1 Å². The summed E-state index contributed by atoms with van der Waals surface area (Å²) in [6.07, 6.45) is 0. The molecule has 20 heavy (non-hydrogen) atoms. The number of nitrogens with zero attached hydrogens (tertiary/aromatic N) is 2. The van der Waals surface area contributed by atoms with Gasteiger partial charge in [0.2, 0.25) is 0 Å². The molecule has 0 aliphatic rings. The Hall–Kier alpha value is -0.870. The first kappa shape index (κ1) is 15.5. The molecular formula is C16H21ClN2S. The summed E-state index contributed by atoms with van der Waals surface area (Å²) >= 11 is 7.89. The number of hydrogen-bond acceptors (Lipinski definition) is 3. The molecule has 0 bridgehead atoms. The predicted octanol–water partition coefficient (Wildman–Crippen LogP) is 3.97. The van der Waals surface area contributed by atoms with Crippen LogP contribution in [0.1, 0.15) is 10.4 Å². The first-order valence-electron chi connectivity index (χ1n) is 6.77. The van der Waals surface area contributed by atoms with Gasteiger partial charge in [0.05, 0.1) is 0 Å². The van der Waals surface area contributed by atoms with Crippen LogP contribution in [0.2, 0.25) is 5.02 Å². The van der Waals surface area contributed by atoms with Crippen LogP contribution >= 0.6 is 22.9 Å². The zero-order chi connectivity index (χ0) is 14.4. The van der Waals surface area contributed by atoms with E-state index in [-0.39, 0.29) is 0 Å². The fourth-order valence-electron chi connectivity index (χ4n) is 2.07. The molecule has 1 heterocycles. The molecule has 0 unspecified atom stereocenters. The van der Waals surface area contributed by atoms with Crippen LogP contribution < -0.4 is 0 Å². The number of halogens is 1. The Labute approximate surface area is 130 Å². The monoisotopic (exact) mass is 308 g/mol. The van der Waals surface area contributed by atoms with Gasteiger partial charge in [0.25, 0.3) is 0 Å². The number of benzene rings is 1. The minimum Gasteiger partial charge on any atom is -0.308 e. The van der Waals surface area contributed by atoms with Crippen LogP contribution in [0.15, 0.2) is 41.8 Å². The van der Waals surface area contributed by atoms with Crippen LogP contribution in [-0.4, -0.2) is 37.0 Å². The Morgan fingerprint density at radius 1 is 1.05 bits per heavy atom. The molecule has 0 spiro atoms. The second-order valence-corrected chi connectivity index (χ2v) is 6.69. The summed E-state index contributed by atoms with van der Waals surface area (Å²) in [5.74, 6) is 0. The van der Waals surface area contributed by atoms with Gasteiger partial charge in [0.15, 0.2) is 0 Å². The van der Waals surface area contributed by atoms with Gasteiger partial charge in [-0.15, -0.1) is 11.3 Å². The van der Waals surface area contributed by atoms with Crippen molar-refractivity contribution in [2.24, 2.45) is 0 Å². The highest BCUT2D eigenvalue weighted by molar-refractivity contribution is 7.09. The van der Waals surface area contributed by atoms with Crippen LogP contribution in [0.5, 0.6) is 0 Å². The number of hydrogen-bond donors (Lipinski definition) is 0. The van der Waals surface area contributed by atoms with Crippen LogP contribution in [0.25, 0.3) is 0 Å². The summed E-state index contributed by atoms with van der Waals surface area (Å²) in [6.45, 7) is 4.05. The van der Waals surface area contributed by atoms with Crippen molar-refractivity contribution in [3.05, 3.63) is 57.2 Å². The zero-order valence-corrected chi connectivity index (χ0v) is 13.6. The first-order valence-corrected chi connectivity index (χ1v) is 8.03. The van der Waals surface area contributed by atoms with E-state index in [0.717, 1.165) is 31.2 Å². The third-order valence-corrected chi connectivity index (χ3v) is 4.21. The van der Waals surface area contributed by atoms with Crippen molar-refractivity contribution in [2.45, 2.75) is 13.1 Å². The number of rotatable bonds is 7. The molecule has 0 fully saturated rings. The van der Waals surface area contributed by atoms with Crippen molar-refractivity contribution in [3.63, 3.8) is 0 Å². The molecule has 108 valence electrons. The predicted molar refractivity (Wildman–Crippen MR) is 88.4 cm³/mol. The lowest BCUT2D eigenvalue weighted by Gasteiger charge is -2.23. The quantitative estimate of drug-likeness (QED) is 0.764. The van der Waals surface area contributed by atoms with E-state index in [1.807, 2.05) is 23.5 Å². The molecule has 0 atom stereocenters. The number of likely N-dealkylation sites (N-methyl/N-ethyl adjacent to an activating group) is 1. The molecule has 0 aliphatic heterocycles. The third kappa shape index (κ3) is 5.25. The van der Waals surface area contributed by atoms with E-state index in [0.29, 0.717) is 0 Å². The Balaban J connectivity index is 2.01. The molecule has 2 nitrogen and oxygen atoms in total. The van der Waals surface area contributed by atoms with Crippen LogP contribution in [0, 0.1) is 0 Å². The van der Waals surface area contributed by atoms with E-state index in [4.69, 9.17) is 11.6 Å². The Morgan fingerprint density at radius 2 is 1.90 bits per heavy atom. The van der Waals surface area contributed by atoms with E-state index >= 15 is 0 Å². The second-order valence-electron chi connectivity index (χ2n) is 5.22. The Morgan fingerprint density at radius 3 is 2.55 bits per heavy atom. The Kier molecular flexibility index (Phi) is 6.05. The van der Waals surface area contributed by atoms with E-state index in [2.05, 4.69) is 53.5 Å². The summed E-state index contributed by atoms with van der Waals surface area (Å²) in [5, 5.41) is 2.95. The van der Waals surface area contributed by atoms with E-state index < -0.39 is 0 Å². The fourth-order valence-corrected chi connectivity index (χ4v) is 3.03. The molecule has 0 aliphatic carbocycles. The van der Waals surface area contributed by atoms with Crippen LogP contribution in [0.4, 0.5) is 0 Å². The standard InChI is InChI=1S/C16H21ClN2S/c1-18(2)8-9-19(13-16-7-4-10-20-16)12-14-5-3-6-15(17)11-14/h3-7,10-11H,8-9,12-13H2,1-2H3.